The van der Waals surface area contributed by atoms with Crippen LogP contribution in [0.15, 0.2) is 60.7 Å². The van der Waals surface area contributed by atoms with Crippen LogP contribution in [0.2, 0.25) is 0 Å². The van der Waals surface area contributed by atoms with Gasteiger partial charge in [-0.25, -0.2) is 26.3 Å². The highest BCUT2D eigenvalue weighted by atomic mass is 19.3. The van der Waals surface area contributed by atoms with Crippen LogP contribution in [0.1, 0.15) is 27.8 Å². The predicted octanol–water partition coefficient (Wildman–Crippen LogP) is 8.33. The third-order valence-electron chi connectivity index (χ3n) is 5.54. The average molecular weight is 532 g/mol. The Kier molecular flexibility index (Phi) is 7.18. The quantitative estimate of drug-likeness (QED) is 0.146. The molecule has 0 fully saturated rings. The fraction of sp³-hybridized carbons (Fsp3) is 0.103. The monoisotopic (exact) mass is 532 g/mol. The summed E-state index contributed by atoms with van der Waals surface area (Å²) >= 11 is 0. The van der Waals surface area contributed by atoms with Gasteiger partial charge in [-0.3, -0.25) is 0 Å². The number of halogens is 8. The van der Waals surface area contributed by atoms with E-state index in [9.17, 15) is 35.1 Å². The normalized spacial score (nSPS) is 11.2. The minimum absolute atomic E-state index is 0.0558. The van der Waals surface area contributed by atoms with Gasteiger partial charge in [0.15, 0.2) is 17.5 Å². The van der Waals surface area contributed by atoms with Gasteiger partial charge in [-0.05, 0) is 54.8 Å². The number of hydrogen-bond acceptors (Lipinski definition) is 1. The molecule has 4 aromatic carbocycles. The predicted molar refractivity (Wildman–Crippen MR) is 124 cm³/mol. The summed E-state index contributed by atoms with van der Waals surface area (Å²) in [7, 11) is 0. The van der Waals surface area contributed by atoms with E-state index in [1.165, 1.54) is 6.07 Å². The van der Waals surface area contributed by atoms with E-state index < -0.39 is 52.3 Å². The van der Waals surface area contributed by atoms with Crippen molar-refractivity contribution in [2.45, 2.75) is 20.0 Å². The first-order valence-corrected chi connectivity index (χ1v) is 11.0. The average Bonchev–Trinajstić information content (AvgIpc) is 2.81. The highest BCUT2D eigenvalue weighted by Gasteiger charge is 2.41. The number of hydrogen-bond donors (Lipinski definition) is 0. The first-order chi connectivity index (χ1) is 17.9. The van der Waals surface area contributed by atoms with E-state index in [0.29, 0.717) is 23.3 Å². The Bertz CT molecular complexity index is 1530. The third kappa shape index (κ3) is 5.49. The molecular formula is C29H16F8O. The number of rotatable bonds is 4. The van der Waals surface area contributed by atoms with Crippen LogP contribution in [-0.4, -0.2) is 0 Å². The molecule has 9 heteroatoms. The van der Waals surface area contributed by atoms with Crippen LogP contribution in [0, 0.1) is 60.6 Å². The van der Waals surface area contributed by atoms with Crippen molar-refractivity contribution < 1.29 is 39.9 Å². The Morgan fingerprint density at radius 2 is 1.21 bits per heavy atom. The molecule has 0 bridgehead atoms. The van der Waals surface area contributed by atoms with Gasteiger partial charge in [0.2, 0.25) is 0 Å². The zero-order chi connectivity index (χ0) is 27.8. The van der Waals surface area contributed by atoms with Crippen LogP contribution < -0.4 is 4.74 Å². The minimum Gasteiger partial charge on any atom is -0.429 e. The molecule has 0 saturated heterocycles. The van der Waals surface area contributed by atoms with Crippen LogP contribution in [0.3, 0.4) is 0 Å². The topological polar surface area (TPSA) is 9.23 Å². The lowest BCUT2D eigenvalue weighted by atomic mass is 9.98. The molecule has 194 valence electrons. The summed E-state index contributed by atoms with van der Waals surface area (Å²) in [5.74, 6) is -6.26. The van der Waals surface area contributed by atoms with Crippen molar-refractivity contribution >= 4 is 0 Å². The maximum absolute atomic E-state index is 14.8. The van der Waals surface area contributed by atoms with E-state index in [2.05, 4.69) is 16.6 Å². The molecule has 1 nitrogen and oxygen atoms in total. The van der Waals surface area contributed by atoms with Crippen LogP contribution in [0.25, 0.3) is 11.1 Å². The van der Waals surface area contributed by atoms with E-state index in [0.717, 1.165) is 11.1 Å². The summed E-state index contributed by atoms with van der Waals surface area (Å²) in [5, 5.41) is 0. The van der Waals surface area contributed by atoms with Crippen molar-refractivity contribution in [3.63, 3.8) is 0 Å². The standard InChI is InChI=1S/C29H16F8O/c1-15-3-6-18(7-4-15)19-9-16(2)21(22(30)12-19)8-5-17-10-23(31)27(24(32)11-17)29(36,37)38-20-13-25(33)28(35)26(34)14-20/h3-4,6-7,9-14H,1-2H3. The molecule has 0 aliphatic heterocycles. The second kappa shape index (κ2) is 10.2. The van der Waals surface area contributed by atoms with Crippen molar-refractivity contribution in [2.75, 3.05) is 0 Å². The Labute approximate surface area is 212 Å². The lowest BCUT2D eigenvalue weighted by Gasteiger charge is -2.19. The van der Waals surface area contributed by atoms with Gasteiger partial charge < -0.3 is 4.74 Å². The summed E-state index contributed by atoms with van der Waals surface area (Å²) in [6, 6.07) is 11.5. The largest absolute Gasteiger partial charge is 0.432 e. The maximum atomic E-state index is 14.8. The first-order valence-electron chi connectivity index (χ1n) is 11.0. The second-order valence-electron chi connectivity index (χ2n) is 8.40. The van der Waals surface area contributed by atoms with Gasteiger partial charge in [0.25, 0.3) is 0 Å². The minimum atomic E-state index is -4.73. The lowest BCUT2D eigenvalue weighted by molar-refractivity contribution is -0.189. The Morgan fingerprint density at radius 3 is 1.76 bits per heavy atom. The maximum Gasteiger partial charge on any atom is 0.432 e. The third-order valence-corrected chi connectivity index (χ3v) is 5.54. The summed E-state index contributed by atoms with van der Waals surface area (Å²) in [6.45, 7) is 3.50. The SMILES string of the molecule is Cc1ccc(-c2cc(C)c(C#Cc3cc(F)c(C(F)(F)Oc4cc(F)c(F)c(F)c4)c(F)c3)c(F)c2)cc1. The first kappa shape index (κ1) is 26.7. The van der Waals surface area contributed by atoms with Crippen molar-refractivity contribution in [2.24, 2.45) is 0 Å². The van der Waals surface area contributed by atoms with Gasteiger partial charge in [0.1, 0.15) is 28.8 Å². The molecular weight excluding hydrogens is 516 g/mol. The molecule has 0 atom stereocenters. The number of aryl methyl sites for hydroxylation is 2. The van der Waals surface area contributed by atoms with E-state index in [-0.39, 0.29) is 23.3 Å². The molecule has 0 aromatic heterocycles. The van der Waals surface area contributed by atoms with Gasteiger partial charge in [-0.2, -0.15) is 8.78 Å². The number of alkyl halides is 2. The van der Waals surface area contributed by atoms with Crippen molar-refractivity contribution in [3.05, 3.63) is 123 Å². The molecule has 38 heavy (non-hydrogen) atoms. The lowest BCUT2D eigenvalue weighted by Crippen LogP contribution is -2.25. The van der Waals surface area contributed by atoms with Gasteiger partial charge in [0, 0.05) is 17.7 Å². The van der Waals surface area contributed by atoms with Gasteiger partial charge >= 0.3 is 6.11 Å². The molecule has 0 aliphatic carbocycles. The Morgan fingerprint density at radius 1 is 0.632 bits per heavy atom. The number of benzene rings is 4. The van der Waals surface area contributed by atoms with Gasteiger partial charge in [-0.15, -0.1) is 0 Å². The highest BCUT2D eigenvalue weighted by molar-refractivity contribution is 5.66. The van der Waals surface area contributed by atoms with Crippen molar-refractivity contribution in [1.82, 2.24) is 0 Å². The summed E-state index contributed by atoms with van der Waals surface area (Å²) in [4.78, 5) is 0. The van der Waals surface area contributed by atoms with Gasteiger partial charge in [0.05, 0.1) is 5.56 Å². The second-order valence-corrected chi connectivity index (χ2v) is 8.40. The summed E-state index contributed by atoms with van der Waals surface area (Å²) in [6.07, 6.45) is -4.73. The van der Waals surface area contributed by atoms with E-state index >= 15 is 0 Å². The molecule has 0 unspecified atom stereocenters. The molecule has 0 spiro atoms. The molecule has 0 heterocycles. The molecule has 4 rings (SSSR count). The fourth-order valence-corrected chi connectivity index (χ4v) is 3.66. The van der Waals surface area contributed by atoms with Crippen LogP contribution in [-0.2, 0) is 6.11 Å². The van der Waals surface area contributed by atoms with E-state index in [1.54, 1.807) is 13.0 Å². The van der Waals surface area contributed by atoms with Crippen LogP contribution >= 0.6 is 0 Å². The molecule has 0 N–H and O–H groups in total. The molecule has 4 aromatic rings. The zero-order valence-electron chi connectivity index (χ0n) is 19.7. The highest BCUT2D eigenvalue weighted by Crippen LogP contribution is 2.36. The summed E-state index contributed by atoms with van der Waals surface area (Å²) < 4.78 is 117. The Hall–Kier alpha value is -4.32. The van der Waals surface area contributed by atoms with E-state index in [4.69, 9.17) is 0 Å². The van der Waals surface area contributed by atoms with Crippen molar-refractivity contribution in [3.8, 4) is 28.7 Å². The molecule has 0 amide bonds. The van der Waals surface area contributed by atoms with Crippen LogP contribution in [0.5, 0.6) is 5.75 Å². The fourth-order valence-electron chi connectivity index (χ4n) is 3.66. The van der Waals surface area contributed by atoms with Gasteiger partial charge in [-0.1, -0.05) is 41.7 Å². The Balaban J connectivity index is 1.63. The van der Waals surface area contributed by atoms with Crippen molar-refractivity contribution in [1.29, 1.82) is 0 Å². The van der Waals surface area contributed by atoms with Crippen LogP contribution in [0.4, 0.5) is 35.1 Å². The summed E-state index contributed by atoms with van der Waals surface area (Å²) in [5.41, 5.74) is 0.518. The molecule has 0 radical (unpaired) electrons. The number of ether oxygens (including phenoxy) is 1. The zero-order valence-corrected chi connectivity index (χ0v) is 19.7. The smallest absolute Gasteiger partial charge is 0.429 e. The molecule has 0 aliphatic rings. The van der Waals surface area contributed by atoms with E-state index in [1.807, 2.05) is 31.2 Å². The molecule has 0 saturated carbocycles.